The van der Waals surface area contributed by atoms with Crippen molar-refractivity contribution in [3.05, 3.63) is 16.4 Å². The predicted octanol–water partition coefficient (Wildman–Crippen LogP) is 3.02. The lowest BCUT2D eigenvalue weighted by molar-refractivity contribution is 0.418. The van der Waals surface area contributed by atoms with Gasteiger partial charge in [-0.25, -0.2) is 0 Å². The Morgan fingerprint density at radius 3 is 2.77 bits per heavy atom. The molecule has 0 atom stereocenters. The van der Waals surface area contributed by atoms with E-state index in [0.717, 1.165) is 4.47 Å². The van der Waals surface area contributed by atoms with Crippen LogP contribution >= 0.6 is 27.7 Å². The fourth-order valence-electron chi connectivity index (χ4n) is 1.70. The first-order valence-electron chi connectivity index (χ1n) is 4.56. The van der Waals surface area contributed by atoms with Gasteiger partial charge in [-0.15, -0.1) is 0 Å². The first-order chi connectivity index (χ1) is 6.29. The fraction of sp³-hybridized carbons (Fsp3) is 0.667. The van der Waals surface area contributed by atoms with Crippen molar-refractivity contribution in [1.82, 2.24) is 9.78 Å². The molecule has 1 fully saturated rings. The van der Waals surface area contributed by atoms with Gasteiger partial charge in [0, 0.05) is 5.69 Å². The molecular formula is C9H13BrN2S. The van der Waals surface area contributed by atoms with Gasteiger partial charge in [-0.3, -0.25) is 4.68 Å². The Labute approximate surface area is 91.2 Å². The van der Waals surface area contributed by atoms with Gasteiger partial charge in [-0.1, -0.05) is 0 Å². The number of halogens is 1. The molecule has 0 unspecified atom stereocenters. The molecule has 72 valence electrons. The van der Waals surface area contributed by atoms with Gasteiger partial charge < -0.3 is 0 Å². The lowest BCUT2D eigenvalue weighted by Gasteiger charge is -2.22. The summed E-state index contributed by atoms with van der Waals surface area (Å²) in [6.45, 7) is 2.12. The molecule has 0 amide bonds. The van der Waals surface area contributed by atoms with Gasteiger partial charge in [0.1, 0.15) is 0 Å². The van der Waals surface area contributed by atoms with Crippen LogP contribution in [0.2, 0.25) is 0 Å². The zero-order valence-electron chi connectivity index (χ0n) is 7.66. The molecule has 1 saturated heterocycles. The summed E-state index contributed by atoms with van der Waals surface area (Å²) in [6, 6.07) is 0.632. The maximum absolute atomic E-state index is 4.40. The van der Waals surface area contributed by atoms with Crippen LogP contribution in [0, 0.1) is 6.92 Å². The first-order valence-corrected chi connectivity index (χ1v) is 6.51. The highest BCUT2D eigenvalue weighted by atomic mass is 79.9. The lowest BCUT2D eigenvalue weighted by atomic mass is 10.1. The molecule has 0 spiro atoms. The fourth-order valence-corrected chi connectivity index (χ4v) is 3.06. The van der Waals surface area contributed by atoms with Crippen LogP contribution in [0.15, 0.2) is 10.7 Å². The van der Waals surface area contributed by atoms with Crippen LogP contribution in [0.5, 0.6) is 0 Å². The maximum Gasteiger partial charge on any atom is 0.0635 e. The van der Waals surface area contributed by atoms with Crippen molar-refractivity contribution < 1.29 is 0 Å². The Kier molecular flexibility index (Phi) is 2.99. The van der Waals surface area contributed by atoms with Crippen LogP contribution in [-0.4, -0.2) is 21.3 Å². The number of nitrogens with zero attached hydrogens (tertiary/aromatic N) is 2. The van der Waals surface area contributed by atoms with E-state index in [1.807, 2.05) is 6.20 Å². The van der Waals surface area contributed by atoms with E-state index < -0.39 is 0 Å². The molecule has 0 aromatic carbocycles. The average molecular weight is 261 g/mol. The number of thioether (sulfide) groups is 1. The van der Waals surface area contributed by atoms with Gasteiger partial charge in [-0.2, -0.15) is 16.9 Å². The third-order valence-corrected chi connectivity index (χ3v) is 4.35. The van der Waals surface area contributed by atoms with Crippen LogP contribution in [-0.2, 0) is 0 Å². The smallest absolute Gasteiger partial charge is 0.0635 e. The molecule has 1 aliphatic rings. The van der Waals surface area contributed by atoms with E-state index in [1.54, 1.807) is 0 Å². The molecule has 0 radical (unpaired) electrons. The molecular weight excluding hydrogens is 248 g/mol. The standard InChI is InChI=1S/C9H13BrN2S/c1-7-9(10)6-11-12(7)8-2-4-13-5-3-8/h6,8H,2-5H2,1H3. The Morgan fingerprint density at radius 1 is 1.54 bits per heavy atom. The van der Waals surface area contributed by atoms with Crippen molar-refractivity contribution in [3.63, 3.8) is 0 Å². The molecule has 1 aliphatic heterocycles. The van der Waals surface area contributed by atoms with Gasteiger partial charge >= 0.3 is 0 Å². The van der Waals surface area contributed by atoms with Gasteiger partial charge in [-0.05, 0) is 47.2 Å². The summed E-state index contributed by atoms with van der Waals surface area (Å²) in [6.07, 6.45) is 4.43. The zero-order valence-corrected chi connectivity index (χ0v) is 10.1. The molecule has 4 heteroatoms. The van der Waals surface area contributed by atoms with Crippen molar-refractivity contribution in [2.24, 2.45) is 0 Å². The monoisotopic (exact) mass is 260 g/mol. The molecule has 2 heterocycles. The quantitative estimate of drug-likeness (QED) is 0.773. The van der Waals surface area contributed by atoms with Crippen molar-refractivity contribution in [2.75, 3.05) is 11.5 Å². The van der Waals surface area contributed by atoms with E-state index in [0.29, 0.717) is 6.04 Å². The van der Waals surface area contributed by atoms with Crippen molar-refractivity contribution in [3.8, 4) is 0 Å². The number of aromatic nitrogens is 2. The number of rotatable bonds is 1. The minimum absolute atomic E-state index is 0.632. The van der Waals surface area contributed by atoms with Crippen LogP contribution in [0.4, 0.5) is 0 Å². The van der Waals surface area contributed by atoms with E-state index in [4.69, 9.17) is 0 Å². The SMILES string of the molecule is Cc1c(Br)cnn1C1CCSCC1. The molecule has 0 aliphatic carbocycles. The molecule has 2 nitrogen and oxygen atoms in total. The van der Waals surface area contributed by atoms with Crippen molar-refractivity contribution in [2.45, 2.75) is 25.8 Å². The van der Waals surface area contributed by atoms with Gasteiger partial charge in [0.05, 0.1) is 16.7 Å². The van der Waals surface area contributed by atoms with E-state index in [2.05, 4.69) is 44.4 Å². The second-order valence-corrected chi connectivity index (χ2v) is 5.45. The van der Waals surface area contributed by atoms with Crippen LogP contribution in [0.3, 0.4) is 0 Å². The second-order valence-electron chi connectivity index (χ2n) is 3.37. The van der Waals surface area contributed by atoms with Crippen LogP contribution in [0.25, 0.3) is 0 Å². The van der Waals surface area contributed by atoms with Crippen LogP contribution in [0.1, 0.15) is 24.6 Å². The molecule has 0 saturated carbocycles. The first kappa shape index (κ1) is 9.59. The summed E-state index contributed by atoms with van der Waals surface area (Å²) in [5.41, 5.74) is 1.26. The van der Waals surface area contributed by atoms with Crippen molar-refractivity contribution in [1.29, 1.82) is 0 Å². The van der Waals surface area contributed by atoms with E-state index >= 15 is 0 Å². The third-order valence-electron chi connectivity index (χ3n) is 2.52. The third kappa shape index (κ3) is 1.94. The summed E-state index contributed by atoms with van der Waals surface area (Å²) >= 11 is 5.55. The Morgan fingerprint density at radius 2 is 2.23 bits per heavy atom. The van der Waals surface area contributed by atoms with E-state index in [1.165, 1.54) is 30.0 Å². The molecule has 1 aromatic rings. The zero-order chi connectivity index (χ0) is 9.26. The van der Waals surface area contributed by atoms with Gasteiger partial charge in [0.2, 0.25) is 0 Å². The largest absolute Gasteiger partial charge is 0.266 e. The summed E-state index contributed by atoms with van der Waals surface area (Å²) in [5, 5.41) is 4.40. The summed E-state index contributed by atoms with van der Waals surface area (Å²) in [7, 11) is 0. The minimum Gasteiger partial charge on any atom is -0.266 e. The summed E-state index contributed by atoms with van der Waals surface area (Å²) in [5.74, 6) is 2.56. The highest BCUT2D eigenvalue weighted by molar-refractivity contribution is 9.10. The van der Waals surface area contributed by atoms with E-state index in [-0.39, 0.29) is 0 Å². The predicted molar refractivity (Wildman–Crippen MR) is 60.3 cm³/mol. The van der Waals surface area contributed by atoms with Crippen molar-refractivity contribution >= 4 is 27.7 Å². The highest BCUT2D eigenvalue weighted by Gasteiger charge is 2.18. The van der Waals surface area contributed by atoms with E-state index in [9.17, 15) is 0 Å². The van der Waals surface area contributed by atoms with Gasteiger partial charge in [0.25, 0.3) is 0 Å². The molecule has 0 bridgehead atoms. The normalized spacial score (nSPS) is 19.2. The molecule has 2 rings (SSSR count). The van der Waals surface area contributed by atoms with Crippen LogP contribution < -0.4 is 0 Å². The maximum atomic E-state index is 4.40. The Hall–Kier alpha value is 0.0400. The Bertz CT molecular complexity index is 292. The van der Waals surface area contributed by atoms with Gasteiger partial charge in [0.15, 0.2) is 0 Å². The minimum atomic E-state index is 0.632. The average Bonchev–Trinajstić information content (AvgIpc) is 2.49. The molecule has 1 aromatic heterocycles. The second kappa shape index (κ2) is 4.05. The molecule has 13 heavy (non-hydrogen) atoms. The summed E-state index contributed by atoms with van der Waals surface area (Å²) < 4.78 is 3.30. The topological polar surface area (TPSA) is 17.8 Å². The number of hydrogen-bond donors (Lipinski definition) is 0. The number of hydrogen-bond acceptors (Lipinski definition) is 2. The molecule has 0 N–H and O–H groups in total. The Balaban J connectivity index is 2.18. The highest BCUT2D eigenvalue weighted by Crippen LogP contribution is 2.29. The summed E-state index contributed by atoms with van der Waals surface area (Å²) in [4.78, 5) is 0. The lowest BCUT2D eigenvalue weighted by Crippen LogP contribution is -2.17.